The second-order valence-corrected chi connectivity index (χ2v) is 11.1. The van der Waals surface area contributed by atoms with Gasteiger partial charge in [0.05, 0.1) is 17.0 Å². The number of carbonyl (C=O) groups excluding carboxylic acids is 1. The first-order chi connectivity index (χ1) is 16.7. The van der Waals surface area contributed by atoms with Crippen molar-refractivity contribution in [3.05, 3.63) is 85.2 Å². The summed E-state index contributed by atoms with van der Waals surface area (Å²) in [6, 6.07) is 11.2. The number of anilines is 1. The van der Waals surface area contributed by atoms with Gasteiger partial charge in [0.1, 0.15) is 10.6 Å². The van der Waals surface area contributed by atoms with Crippen LogP contribution in [0.25, 0.3) is 11.0 Å². The van der Waals surface area contributed by atoms with Gasteiger partial charge in [0.2, 0.25) is 10.9 Å². The molecule has 7 heteroatoms. The molecule has 6 nitrogen and oxygen atoms in total. The SMILES string of the molecule is Cc1cc2oc3c(c(=O)c2cc1C)C(c1ccc(C(C)C)cc1)N(c1nnc(CC(C)C)s1)C3=O. The third kappa shape index (κ3) is 3.97. The summed E-state index contributed by atoms with van der Waals surface area (Å²) in [4.78, 5) is 29.2. The number of carbonyl (C=O) groups is 1. The van der Waals surface area contributed by atoms with E-state index in [1.54, 1.807) is 4.90 Å². The van der Waals surface area contributed by atoms with Crippen LogP contribution >= 0.6 is 11.3 Å². The zero-order valence-corrected chi connectivity index (χ0v) is 21.7. The molecule has 180 valence electrons. The fraction of sp³-hybridized carbons (Fsp3) is 0.357. The van der Waals surface area contributed by atoms with Gasteiger partial charge in [-0.1, -0.05) is 63.3 Å². The first-order valence-electron chi connectivity index (χ1n) is 12.0. The molecule has 0 fully saturated rings. The Morgan fingerprint density at radius 2 is 1.69 bits per heavy atom. The number of fused-ring (bicyclic) bond motifs is 2. The molecule has 0 radical (unpaired) electrons. The maximum Gasteiger partial charge on any atom is 0.297 e. The molecule has 1 unspecified atom stereocenters. The summed E-state index contributed by atoms with van der Waals surface area (Å²) in [6.07, 6.45) is 0.778. The van der Waals surface area contributed by atoms with E-state index in [1.807, 2.05) is 38.1 Å². The quantitative estimate of drug-likeness (QED) is 0.329. The largest absolute Gasteiger partial charge is 0.450 e. The second kappa shape index (κ2) is 8.72. The molecule has 5 rings (SSSR count). The summed E-state index contributed by atoms with van der Waals surface area (Å²) < 4.78 is 6.14. The molecule has 0 saturated carbocycles. The van der Waals surface area contributed by atoms with Crippen LogP contribution in [-0.2, 0) is 6.42 Å². The lowest BCUT2D eigenvalue weighted by molar-refractivity contribution is 0.0970. The van der Waals surface area contributed by atoms with Crippen molar-refractivity contribution in [2.75, 3.05) is 4.90 Å². The Bertz CT molecular complexity index is 1500. The van der Waals surface area contributed by atoms with Crippen LogP contribution in [0.15, 0.2) is 45.6 Å². The molecule has 0 aliphatic carbocycles. The standard InChI is InChI=1S/C28H29N3O3S/c1-14(2)11-22-29-30-28(35-22)31-24(19-9-7-18(8-10-19)15(3)4)23-25(32)20-12-16(5)17(6)13-21(20)34-26(23)27(31)33/h7-10,12-15,24H,11H2,1-6H3. The zero-order chi connectivity index (χ0) is 25.0. The number of hydrogen-bond donors (Lipinski definition) is 0. The van der Waals surface area contributed by atoms with Gasteiger partial charge >= 0.3 is 0 Å². The molecule has 0 N–H and O–H groups in total. The molecule has 0 spiro atoms. The maximum absolute atomic E-state index is 13.8. The number of amides is 1. The Morgan fingerprint density at radius 1 is 1.00 bits per heavy atom. The van der Waals surface area contributed by atoms with E-state index in [0.717, 1.165) is 28.1 Å². The number of hydrogen-bond acceptors (Lipinski definition) is 6. The van der Waals surface area contributed by atoms with Gasteiger partial charge in [-0.2, -0.15) is 0 Å². The van der Waals surface area contributed by atoms with Crippen LogP contribution in [-0.4, -0.2) is 16.1 Å². The van der Waals surface area contributed by atoms with Crippen molar-refractivity contribution in [1.29, 1.82) is 0 Å². The lowest BCUT2D eigenvalue weighted by Crippen LogP contribution is -2.29. The summed E-state index contributed by atoms with van der Waals surface area (Å²) >= 11 is 1.39. The Hall–Kier alpha value is -3.32. The highest BCUT2D eigenvalue weighted by molar-refractivity contribution is 7.15. The molecule has 3 heterocycles. The van der Waals surface area contributed by atoms with Gasteiger partial charge in [-0.25, -0.2) is 0 Å². The van der Waals surface area contributed by atoms with Crippen molar-refractivity contribution >= 4 is 33.3 Å². The van der Waals surface area contributed by atoms with Gasteiger partial charge in [0, 0.05) is 6.42 Å². The van der Waals surface area contributed by atoms with Crippen LogP contribution in [0.1, 0.15) is 83.0 Å². The van der Waals surface area contributed by atoms with Crippen LogP contribution in [0, 0.1) is 19.8 Å². The fourth-order valence-electron chi connectivity index (χ4n) is 4.58. The van der Waals surface area contributed by atoms with E-state index in [0.29, 0.717) is 33.5 Å². The highest BCUT2D eigenvalue weighted by Crippen LogP contribution is 2.42. The molecule has 1 atom stereocenters. The van der Waals surface area contributed by atoms with Gasteiger partial charge in [-0.3, -0.25) is 14.5 Å². The van der Waals surface area contributed by atoms with E-state index in [9.17, 15) is 9.59 Å². The number of rotatable bonds is 5. The topological polar surface area (TPSA) is 76.3 Å². The Kier molecular flexibility index (Phi) is 5.83. The van der Waals surface area contributed by atoms with Crippen LogP contribution in [0.3, 0.4) is 0 Å². The first kappa shape index (κ1) is 23.4. The monoisotopic (exact) mass is 487 g/mol. The van der Waals surface area contributed by atoms with E-state index < -0.39 is 6.04 Å². The highest BCUT2D eigenvalue weighted by Gasteiger charge is 2.45. The number of benzene rings is 2. The van der Waals surface area contributed by atoms with Gasteiger partial charge in [-0.05, 0) is 60.1 Å². The molecule has 0 saturated heterocycles. The molecular weight excluding hydrogens is 458 g/mol. The fourth-order valence-corrected chi connectivity index (χ4v) is 5.66. The average Bonchev–Trinajstić information content (AvgIpc) is 3.37. The molecule has 4 aromatic rings. The van der Waals surface area contributed by atoms with Crippen LogP contribution in [0.2, 0.25) is 0 Å². The summed E-state index contributed by atoms with van der Waals surface area (Å²) in [7, 11) is 0. The predicted octanol–water partition coefficient (Wildman–Crippen LogP) is 6.33. The molecular formula is C28H29N3O3S. The smallest absolute Gasteiger partial charge is 0.297 e. The minimum absolute atomic E-state index is 0.0873. The summed E-state index contributed by atoms with van der Waals surface area (Å²) in [5.41, 5.74) is 4.67. The van der Waals surface area contributed by atoms with Crippen molar-refractivity contribution in [1.82, 2.24) is 10.2 Å². The predicted molar refractivity (Wildman–Crippen MR) is 140 cm³/mol. The Balaban J connectivity index is 1.73. The minimum atomic E-state index is -0.624. The van der Waals surface area contributed by atoms with Gasteiger partial charge < -0.3 is 4.42 Å². The third-order valence-corrected chi connectivity index (χ3v) is 7.60. The van der Waals surface area contributed by atoms with Crippen molar-refractivity contribution in [3.8, 4) is 0 Å². The van der Waals surface area contributed by atoms with Gasteiger partial charge in [-0.15, -0.1) is 10.2 Å². The van der Waals surface area contributed by atoms with E-state index >= 15 is 0 Å². The Morgan fingerprint density at radius 3 is 2.34 bits per heavy atom. The number of nitrogens with zero attached hydrogens (tertiary/aromatic N) is 3. The number of aryl methyl sites for hydroxylation is 2. The molecule has 1 aliphatic heterocycles. The Labute approximate surface area is 208 Å². The second-order valence-electron chi connectivity index (χ2n) is 10.1. The average molecular weight is 488 g/mol. The van der Waals surface area contributed by atoms with E-state index in [4.69, 9.17) is 4.42 Å². The summed E-state index contributed by atoms with van der Waals surface area (Å²) in [6.45, 7) is 12.5. The van der Waals surface area contributed by atoms with Crippen molar-refractivity contribution < 1.29 is 9.21 Å². The molecule has 0 bridgehead atoms. The molecule has 1 amide bonds. The van der Waals surface area contributed by atoms with Crippen molar-refractivity contribution in [2.45, 2.75) is 59.9 Å². The van der Waals surface area contributed by atoms with E-state index in [-0.39, 0.29) is 17.1 Å². The van der Waals surface area contributed by atoms with E-state index in [2.05, 4.69) is 50.0 Å². The summed E-state index contributed by atoms with van der Waals surface area (Å²) in [5, 5.41) is 10.5. The molecule has 2 aromatic heterocycles. The van der Waals surface area contributed by atoms with Crippen LogP contribution < -0.4 is 10.3 Å². The number of aromatic nitrogens is 2. The summed E-state index contributed by atoms with van der Waals surface area (Å²) in [5.74, 6) is 0.521. The normalized spacial score (nSPS) is 15.6. The third-order valence-electron chi connectivity index (χ3n) is 6.65. The lowest BCUT2D eigenvalue weighted by Gasteiger charge is -2.22. The lowest BCUT2D eigenvalue weighted by atomic mass is 9.95. The van der Waals surface area contributed by atoms with E-state index in [1.165, 1.54) is 16.9 Å². The first-order valence-corrected chi connectivity index (χ1v) is 12.8. The molecule has 35 heavy (non-hydrogen) atoms. The van der Waals surface area contributed by atoms with Crippen LogP contribution in [0.5, 0.6) is 0 Å². The highest BCUT2D eigenvalue weighted by atomic mass is 32.1. The van der Waals surface area contributed by atoms with Gasteiger partial charge in [0.25, 0.3) is 5.91 Å². The maximum atomic E-state index is 13.8. The molecule has 1 aliphatic rings. The van der Waals surface area contributed by atoms with Crippen molar-refractivity contribution in [2.24, 2.45) is 5.92 Å². The minimum Gasteiger partial charge on any atom is -0.450 e. The van der Waals surface area contributed by atoms with Crippen LogP contribution in [0.4, 0.5) is 5.13 Å². The van der Waals surface area contributed by atoms with Crippen molar-refractivity contribution in [3.63, 3.8) is 0 Å². The van der Waals surface area contributed by atoms with Gasteiger partial charge in [0.15, 0.2) is 5.43 Å². The zero-order valence-electron chi connectivity index (χ0n) is 20.9. The molecule has 2 aromatic carbocycles.